The lowest BCUT2D eigenvalue weighted by Crippen LogP contribution is -2.48. The maximum absolute atomic E-state index is 12.3. The lowest BCUT2D eigenvalue weighted by Gasteiger charge is -2.35. The summed E-state index contributed by atoms with van der Waals surface area (Å²) in [5.74, 6) is -0.240. The summed E-state index contributed by atoms with van der Waals surface area (Å²) < 4.78 is 11.0. The molecule has 0 spiro atoms. The Kier molecular flexibility index (Phi) is 7.92. The van der Waals surface area contributed by atoms with Gasteiger partial charge in [-0.3, -0.25) is 4.79 Å². The van der Waals surface area contributed by atoms with E-state index in [1.54, 1.807) is 4.90 Å². The van der Waals surface area contributed by atoms with E-state index in [9.17, 15) is 10.1 Å². The van der Waals surface area contributed by atoms with Crippen LogP contribution in [-0.2, 0) is 14.3 Å². The average molecular weight is 309 g/mol. The Balaban J connectivity index is 2.43. The fourth-order valence-electron chi connectivity index (χ4n) is 2.32. The van der Waals surface area contributed by atoms with Crippen molar-refractivity contribution in [2.45, 2.75) is 52.4 Å². The zero-order chi connectivity index (χ0) is 16.5. The third kappa shape index (κ3) is 6.46. The van der Waals surface area contributed by atoms with Crippen molar-refractivity contribution in [2.75, 3.05) is 26.2 Å². The van der Waals surface area contributed by atoms with E-state index in [2.05, 4.69) is 5.32 Å². The summed E-state index contributed by atoms with van der Waals surface area (Å²) in [7, 11) is 0. The fraction of sp³-hybridized carbons (Fsp3) is 0.750. The van der Waals surface area contributed by atoms with Crippen LogP contribution in [0.3, 0.4) is 0 Å². The summed E-state index contributed by atoms with van der Waals surface area (Å²) in [5.41, 5.74) is 0.131. The molecule has 1 saturated heterocycles. The number of nitrogens with one attached hydrogen (secondary N) is 1. The van der Waals surface area contributed by atoms with Crippen molar-refractivity contribution in [3.05, 3.63) is 11.8 Å². The Labute approximate surface area is 133 Å². The molecule has 0 aromatic carbocycles. The van der Waals surface area contributed by atoms with Gasteiger partial charge in [-0.1, -0.05) is 0 Å². The zero-order valence-electron chi connectivity index (χ0n) is 14.0. The van der Waals surface area contributed by atoms with Gasteiger partial charge in [-0.25, -0.2) is 0 Å². The van der Waals surface area contributed by atoms with E-state index in [-0.39, 0.29) is 29.8 Å². The summed E-state index contributed by atoms with van der Waals surface area (Å²) in [5, 5.41) is 12.2. The second-order valence-electron chi connectivity index (χ2n) is 5.86. The maximum Gasteiger partial charge on any atom is 0.266 e. The molecule has 1 heterocycles. The van der Waals surface area contributed by atoms with Gasteiger partial charge in [0.2, 0.25) is 0 Å². The van der Waals surface area contributed by atoms with Gasteiger partial charge in [0.15, 0.2) is 0 Å². The van der Waals surface area contributed by atoms with Gasteiger partial charge in [0.1, 0.15) is 11.6 Å². The summed E-state index contributed by atoms with van der Waals surface area (Å²) in [6.45, 7) is 10.2. The summed E-state index contributed by atoms with van der Waals surface area (Å²) in [6.07, 6.45) is 2.54. The smallest absolute Gasteiger partial charge is 0.266 e. The number of nitrogens with zero attached hydrogens (tertiary/aromatic N) is 2. The molecule has 1 fully saturated rings. The van der Waals surface area contributed by atoms with Gasteiger partial charge in [-0.05, 0) is 34.1 Å². The van der Waals surface area contributed by atoms with Crippen molar-refractivity contribution < 1.29 is 14.3 Å². The largest absolute Gasteiger partial charge is 0.390 e. The normalized spacial score (nSPS) is 22.5. The zero-order valence-corrected chi connectivity index (χ0v) is 14.0. The Morgan fingerprint density at radius 2 is 2.09 bits per heavy atom. The first-order valence-corrected chi connectivity index (χ1v) is 7.84. The van der Waals surface area contributed by atoms with Crippen molar-refractivity contribution in [3.8, 4) is 6.07 Å². The highest BCUT2D eigenvalue weighted by Crippen LogP contribution is 2.13. The summed E-state index contributed by atoms with van der Waals surface area (Å²) >= 11 is 0. The highest BCUT2D eigenvalue weighted by atomic mass is 16.5. The minimum absolute atomic E-state index is 0.00576. The van der Waals surface area contributed by atoms with Crippen LogP contribution in [0.5, 0.6) is 0 Å². The van der Waals surface area contributed by atoms with Gasteiger partial charge in [-0.2, -0.15) is 5.26 Å². The second kappa shape index (κ2) is 9.44. The Morgan fingerprint density at radius 3 is 2.64 bits per heavy atom. The third-order valence-corrected chi connectivity index (χ3v) is 3.22. The fourth-order valence-corrected chi connectivity index (χ4v) is 2.32. The molecule has 0 saturated carbocycles. The molecular weight excluding hydrogens is 282 g/mol. The predicted molar refractivity (Wildman–Crippen MR) is 84.0 cm³/mol. The summed E-state index contributed by atoms with van der Waals surface area (Å²) in [6, 6.07) is 1.97. The molecular formula is C16H27N3O3. The van der Waals surface area contributed by atoms with Crippen LogP contribution >= 0.6 is 0 Å². The Hall–Kier alpha value is -1.58. The van der Waals surface area contributed by atoms with Crippen LogP contribution in [0.2, 0.25) is 0 Å². The van der Waals surface area contributed by atoms with Crippen molar-refractivity contribution in [1.29, 1.82) is 5.26 Å². The number of carbonyl (C=O) groups excluding carboxylic acids is 1. The van der Waals surface area contributed by atoms with E-state index in [0.29, 0.717) is 26.2 Å². The first-order valence-electron chi connectivity index (χ1n) is 7.84. The minimum Gasteiger partial charge on any atom is -0.390 e. The van der Waals surface area contributed by atoms with Crippen molar-refractivity contribution in [1.82, 2.24) is 10.2 Å². The number of rotatable bonds is 7. The van der Waals surface area contributed by atoms with E-state index in [1.165, 1.54) is 6.20 Å². The Bertz CT molecular complexity index is 419. The lowest BCUT2D eigenvalue weighted by atomic mass is 10.2. The molecule has 0 aromatic heterocycles. The molecule has 0 radical (unpaired) electrons. The van der Waals surface area contributed by atoms with E-state index in [0.717, 1.165) is 6.42 Å². The van der Waals surface area contributed by atoms with Crippen molar-refractivity contribution >= 4 is 5.91 Å². The van der Waals surface area contributed by atoms with Crippen molar-refractivity contribution in [3.63, 3.8) is 0 Å². The standard InChI is InChI=1S/C16H27N3O3/c1-12(2)21-7-5-6-18-9-15(8-17)16(20)19-10-13(3)22-14(4)11-19/h9,12-14,18H,5-7,10-11H2,1-4H3/b15-9-. The third-order valence-electron chi connectivity index (χ3n) is 3.22. The van der Waals surface area contributed by atoms with Crippen LogP contribution in [0.25, 0.3) is 0 Å². The monoisotopic (exact) mass is 309 g/mol. The minimum atomic E-state index is -0.240. The van der Waals surface area contributed by atoms with E-state index < -0.39 is 0 Å². The molecule has 6 heteroatoms. The van der Waals surface area contributed by atoms with Gasteiger partial charge < -0.3 is 19.7 Å². The molecule has 1 amide bonds. The maximum atomic E-state index is 12.3. The van der Waals surface area contributed by atoms with E-state index in [4.69, 9.17) is 9.47 Å². The predicted octanol–water partition coefficient (Wildman–Crippen LogP) is 1.43. The Morgan fingerprint density at radius 1 is 1.45 bits per heavy atom. The molecule has 1 aliphatic heterocycles. The van der Waals surface area contributed by atoms with Gasteiger partial charge in [0.25, 0.3) is 5.91 Å². The van der Waals surface area contributed by atoms with E-state index in [1.807, 2.05) is 33.8 Å². The summed E-state index contributed by atoms with van der Waals surface area (Å²) in [4.78, 5) is 14.0. The highest BCUT2D eigenvalue weighted by molar-refractivity contribution is 5.97. The quantitative estimate of drug-likeness (QED) is 0.437. The van der Waals surface area contributed by atoms with Crippen LogP contribution in [0, 0.1) is 11.3 Å². The van der Waals surface area contributed by atoms with E-state index >= 15 is 0 Å². The van der Waals surface area contributed by atoms with Crippen LogP contribution in [-0.4, -0.2) is 55.4 Å². The van der Waals surface area contributed by atoms with Crippen LogP contribution in [0.4, 0.5) is 0 Å². The van der Waals surface area contributed by atoms with Gasteiger partial charge >= 0.3 is 0 Å². The molecule has 6 nitrogen and oxygen atoms in total. The van der Waals surface area contributed by atoms with Crippen LogP contribution in [0.1, 0.15) is 34.1 Å². The second-order valence-corrected chi connectivity index (χ2v) is 5.86. The first kappa shape index (κ1) is 18.5. The molecule has 1 aliphatic rings. The number of ether oxygens (including phenoxy) is 2. The van der Waals surface area contributed by atoms with Crippen molar-refractivity contribution in [2.24, 2.45) is 0 Å². The van der Waals surface area contributed by atoms with Crippen LogP contribution in [0.15, 0.2) is 11.8 Å². The van der Waals surface area contributed by atoms with Gasteiger partial charge in [0, 0.05) is 32.4 Å². The number of carbonyl (C=O) groups is 1. The molecule has 124 valence electrons. The first-order chi connectivity index (χ1) is 10.4. The average Bonchev–Trinajstić information content (AvgIpc) is 2.44. The molecule has 1 N–H and O–H groups in total. The number of hydrogen-bond donors (Lipinski definition) is 1. The van der Waals surface area contributed by atoms with Gasteiger partial charge in [-0.15, -0.1) is 0 Å². The molecule has 2 atom stereocenters. The number of amides is 1. The topological polar surface area (TPSA) is 74.6 Å². The number of morpholine rings is 1. The number of nitriles is 1. The molecule has 0 aliphatic carbocycles. The molecule has 1 rings (SSSR count). The molecule has 0 bridgehead atoms. The van der Waals surface area contributed by atoms with Gasteiger partial charge in [0.05, 0.1) is 18.3 Å². The highest BCUT2D eigenvalue weighted by Gasteiger charge is 2.27. The van der Waals surface area contributed by atoms with Crippen LogP contribution < -0.4 is 5.32 Å². The molecule has 22 heavy (non-hydrogen) atoms. The molecule has 0 aromatic rings. The SMILES string of the molecule is CC(C)OCCCN/C=C(/C#N)C(=O)N1CC(C)OC(C)C1. The lowest BCUT2D eigenvalue weighted by molar-refractivity contribution is -0.138. The number of hydrogen-bond acceptors (Lipinski definition) is 5. The molecule has 2 unspecified atom stereocenters.